The second-order valence-electron chi connectivity index (χ2n) is 2.57. The normalized spacial score (nSPS) is 15.3. The van der Waals surface area contributed by atoms with Gasteiger partial charge in [-0.15, -0.1) is 0 Å². The first-order valence-corrected chi connectivity index (χ1v) is 4.45. The first-order chi connectivity index (χ1) is 5.57. The van der Waals surface area contributed by atoms with Gasteiger partial charge in [-0.25, -0.2) is 0 Å². The van der Waals surface area contributed by atoms with Gasteiger partial charge in [0.05, 0.1) is 6.10 Å². The molecule has 4 heteroatoms. The fraction of sp³-hybridized carbons (Fsp3) is 0.875. The number of rotatable bonds is 5. The van der Waals surface area contributed by atoms with Crippen LogP contribution >= 0.6 is 12.2 Å². The first kappa shape index (κ1) is 11.8. The van der Waals surface area contributed by atoms with E-state index in [0.29, 0.717) is 13.2 Å². The van der Waals surface area contributed by atoms with Crippen LogP contribution in [0.25, 0.3) is 0 Å². The maximum atomic E-state index is 8.96. The van der Waals surface area contributed by atoms with Crippen LogP contribution in [0, 0.1) is 0 Å². The highest BCUT2D eigenvalue weighted by Gasteiger charge is 2.07. The van der Waals surface area contributed by atoms with Crippen LogP contribution in [0.5, 0.6) is 0 Å². The van der Waals surface area contributed by atoms with Gasteiger partial charge >= 0.3 is 0 Å². The summed E-state index contributed by atoms with van der Waals surface area (Å²) in [4.78, 5) is 0. The quantitative estimate of drug-likeness (QED) is 0.663. The fourth-order valence-corrected chi connectivity index (χ4v) is 0.721. The molecule has 0 heterocycles. The minimum absolute atomic E-state index is 0.0201. The Kier molecular flexibility index (Phi) is 6.24. The van der Waals surface area contributed by atoms with Gasteiger partial charge in [-0.05, 0) is 33.0 Å². The summed E-state index contributed by atoms with van der Waals surface area (Å²) in [5.41, 5.74) is 0. The van der Waals surface area contributed by atoms with Crippen LogP contribution in [-0.2, 0) is 9.47 Å². The molecule has 0 saturated heterocycles. The van der Waals surface area contributed by atoms with Gasteiger partial charge in [-0.3, -0.25) is 0 Å². The molecule has 1 N–H and O–H groups in total. The molecule has 0 aliphatic rings. The lowest BCUT2D eigenvalue weighted by Gasteiger charge is -2.14. The number of thiocarbonyl (C=S) groups is 1. The second kappa shape index (κ2) is 6.34. The standard InChI is InChI=1S/C8H16O3S/c1-4-10-6(2)5-11-8(12)7(3)9/h6-7,9H,4-5H2,1-3H3. The average molecular weight is 192 g/mol. The highest BCUT2D eigenvalue weighted by atomic mass is 32.1. The molecular formula is C8H16O3S. The monoisotopic (exact) mass is 192 g/mol. The van der Waals surface area contributed by atoms with Crippen LogP contribution in [0.1, 0.15) is 20.8 Å². The molecule has 0 spiro atoms. The van der Waals surface area contributed by atoms with Crippen molar-refractivity contribution in [3.63, 3.8) is 0 Å². The summed E-state index contributed by atoms with van der Waals surface area (Å²) in [6, 6.07) is 0. The van der Waals surface area contributed by atoms with Gasteiger partial charge in [0.25, 0.3) is 0 Å². The minimum atomic E-state index is -0.686. The Labute approximate surface area is 78.7 Å². The van der Waals surface area contributed by atoms with Gasteiger partial charge in [0.15, 0.2) is 5.05 Å². The molecule has 0 aliphatic carbocycles. The molecule has 0 saturated carbocycles. The fourth-order valence-electron chi connectivity index (χ4n) is 0.653. The molecule has 0 fully saturated rings. The third-order valence-corrected chi connectivity index (χ3v) is 1.71. The van der Waals surface area contributed by atoms with Gasteiger partial charge in [0, 0.05) is 6.61 Å². The lowest BCUT2D eigenvalue weighted by Crippen LogP contribution is -2.23. The first-order valence-electron chi connectivity index (χ1n) is 4.04. The van der Waals surface area contributed by atoms with Crippen molar-refractivity contribution in [3.8, 4) is 0 Å². The van der Waals surface area contributed by atoms with E-state index in [-0.39, 0.29) is 11.2 Å². The number of aliphatic hydroxyl groups is 1. The second-order valence-corrected chi connectivity index (χ2v) is 2.97. The van der Waals surface area contributed by atoms with Crippen LogP contribution in [0.2, 0.25) is 0 Å². The van der Waals surface area contributed by atoms with Gasteiger partial charge in [0.1, 0.15) is 12.7 Å². The lowest BCUT2D eigenvalue weighted by molar-refractivity contribution is 0.0336. The van der Waals surface area contributed by atoms with Crippen molar-refractivity contribution in [2.45, 2.75) is 33.0 Å². The summed E-state index contributed by atoms with van der Waals surface area (Å²) >= 11 is 4.75. The molecule has 12 heavy (non-hydrogen) atoms. The van der Waals surface area contributed by atoms with Crippen molar-refractivity contribution in [1.29, 1.82) is 0 Å². The maximum Gasteiger partial charge on any atom is 0.188 e. The Morgan fingerprint density at radius 3 is 2.50 bits per heavy atom. The van der Waals surface area contributed by atoms with Crippen LogP contribution in [0.15, 0.2) is 0 Å². The van der Waals surface area contributed by atoms with Crippen LogP contribution in [0.4, 0.5) is 0 Å². The van der Waals surface area contributed by atoms with Crippen LogP contribution in [0.3, 0.4) is 0 Å². The third kappa shape index (κ3) is 5.46. The number of ether oxygens (including phenoxy) is 2. The van der Waals surface area contributed by atoms with E-state index in [1.807, 2.05) is 13.8 Å². The van der Waals surface area contributed by atoms with Crippen molar-refractivity contribution < 1.29 is 14.6 Å². The molecule has 0 rings (SSSR count). The molecule has 0 bridgehead atoms. The molecule has 0 aliphatic heterocycles. The van der Waals surface area contributed by atoms with Gasteiger partial charge in [-0.1, -0.05) is 0 Å². The Hall–Kier alpha value is -0.190. The topological polar surface area (TPSA) is 38.7 Å². The number of hydrogen-bond donors (Lipinski definition) is 1. The van der Waals surface area contributed by atoms with E-state index >= 15 is 0 Å². The summed E-state index contributed by atoms with van der Waals surface area (Å²) in [6.45, 7) is 6.45. The lowest BCUT2D eigenvalue weighted by atomic mass is 10.4. The van der Waals surface area contributed by atoms with Gasteiger partial charge in [0.2, 0.25) is 0 Å². The van der Waals surface area contributed by atoms with E-state index in [9.17, 15) is 0 Å². The molecule has 2 unspecified atom stereocenters. The molecule has 0 radical (unpaired) electrons. The van der Waals surface area contributed by atoms with E-state index in [1.54, 1.807) is 6.92 Å². The van der Waals surface area contributed by atoms with Crippen molar-refractivity contribution in [3.05, 3.63) is 0 Å². The molecule has 0 aromatic heterocycles. The molecule has 2 atom stereocenters. The number of hydrogen-bond acceptors (Lipinski definition) is 4. The predicted molar refractivity (Wildman–Crippen MR) is 51.3 cm³/mol. The summed E-state index contributed by atoms with van der Waals surface area (Å²) in [7, 11) is 0. The van der Waals surface area contributed by atoms with Crippen molar-refractivity contribution in [2.24, 2.45) is 0 Å². The SMILES string of the molecule is CCOC(C)COC(=S)C(C)O. The summed E-state index contributed by atoms with van der Waals surface area (Å²) in [5, 5.41) is 9.18. The predicted octanol–water partition coefficient (Wildman–Crippen LogP) is 1.14. The molecule has 0 aromatic rings. The van der Waals surface area contributed by atoms with E-state index < -0.39 is 6.10 Å². The highest BCUT2D eigenvalue weighted by Crippen LogP contribution is 1.95. The Morgan fingerprint density at radius 2 is 2.08 bits per heavy atom. The molecular weight excluding hydrogens is 176 g/mol. The highest BCUT2D eigenvalue weighted by molar-refractivity contribution is 7.80. The Bertz CT molecular complexity index is 136. The van der Waals surface area contributed by atoms with E-state index in [2.05, 4.69) is 0 Å². The van der Waals surface area contributed by atoms with Crippen molar-refractivity contribution >= 4 is 17.3 Å². The zero-order valence-electron chi connectivity index (χ0n) is 7.74. The zero-order chi connectivity index (χ0) is 9.56. The van der Waals surface area contributed by atoms with Gasteiger partial charge < -0.3 is 14.6 Å². The summed E-state index contributed by atoms with van der Waals surface area (Å²) in [6.07, 6.45) is -0.666. The van der Waals surface area contributed by atoms with Crippen LogP contribution in [-0.4, -0.2) is 35.6 Å². The van der Waals surface area contributed by atoms with E-state index in [4.69, 9.17) is 26.8 Å². The van der Waals surface area contributed by atoms with E-state index in [0.717, 1.165) is 0 Å². The average Bonchev–Trinajstić information content (AvgIpc) is 2.00. The largest absolute Gasteiger partial charge is 0.482 e. The van der Waals surface area contributed by atoms with Crippen molar-refractivity contribution in [1.82, 2.24) is 0 Å². The Balaban J connectivity index is 3.47. The minimum Gasteiger partial charge on any atom is -0.482 e. The third-order valence-electron chi connectivity index (χ3n) is 1.25. The van der Waals surface area contributed by atoms with Crippen LogP contribution < -0.4 is 0 Å². The van der Waals surface area contributed by atoms with Crippen molar-refractivity contribution in [2.75, 3.05) is 13.2 Å². The molecule has 0 aromatic carbocycles. The maximum absolute atomic E-state index is 8.96. The summed E-state index contributed by atoms with van der Waals surface area (Å²) < 4.78 is 10.3. The smallest absolute Gasteiger partial charge is 0.188 e. The zero-order valence-corrected chi connectivity index (χ0v) is 8.56. The number of aliphatic hydroxyl groups excluding tert-OH is 1. The van der Waals surface area contributed by atoms with E-state index in [1.165, 1.54) is 0 Å². The van der Waals surface area contributed by atoms with Gasteiger partial charge in [-0.2, -0.15) is 0 Å². The molecule has 72 valence electrons. The Morgan fingerprint density at radius 1 is 1.50 bits per heavy atom. The molecule has 3 nitrogen and oxygen atoms in total. The molecule has 0 amide bonds. The summed E-state index contributed by atoms with van der Waals surface area (Å²) in [5.74, 6) is 0.